The number of aromatic hydroxyl groups is 2. The van der Waals surface area contributed by atoms with Crippen molar-refractivity contribution in [3.63, 3.8) is 0 Å². The lowest BCUT2D eigenvalue weighted by molar-refractivity contribution is 0.464. The Bertz CT molecular complexity index is 2320. The summed E-state index contributed by atoms with van der Waals surface area (Å²) in [5.74, 6) is 0.312. The molecule has 0 bridgehead atoms. The SMILES string of the molecule is C=CCc1cc2c3ccccc3n(Cc3ccccc3)c2c(-c2c(O)c(CC=C)cc3c4ccccc4n(Cc4ccccc4)c23)c1O. The number of para-hydroxylation sites is 2. The molecule has 6 aromatic carbocycles. The summed E-state index contributed by atoms with van der Waals surface area (Å²) in [4.78, 5) is 0. The van der Waals surface area contributed by atoms with Crippen LogP contribution in [0.5, 0.6) is 11.5 Å². The van der Waals surface area contributed by atoms with Crippen molar-refractivity contribution < 1.29 is 10.2 Å². The zero-order valence-corrected chi connectivity index (χ0v) is 26.7. The highest BCUT2D eigenvalue weighted by molar-refractivity contribution is 6.20. The molecule has 0 spiro atoms. The summed E-state index contributed by atoms with van der Waals surface area (Å²) in [5, 5.41) is 29.1. The Kier molecular flexibility index (Phi) is 7.34. The van der Waals surface area contributed by atoms with Crippen LogP contribution in [0.15, 0.2) is 147 Å². The number of phenolic OH excluding ortho intramolecular Hbond substituents is 2. The molecule has 2 aromatic heterocycles. The van der Waals surface area contributed by atoms with Gasteiger partial charge in [-0.25, -0.2) is 0 Å². The fourth-order valence-corrected chi connectivity index (χ4v) is 7.48. The van der Waals surface area contributed by atoms with Gasteiger partial charge in [0.15, 0.2) is 0 Å². The average molecular weight is 625 g/mol. The number of hydrogen-bond donors (Lipinski definition) is 2. The van der Waals surface area contributed by atoms with Gasteiger partial charge in [-0.3, -0.25) is 0 Å². The number of nitrogens with zero attached hydrogens (tertiary/aromatic N) is 2. The summed E-state index contributed by atoms with van der Waals surface area (Å²) < 4.78 is 4.59. The predicted molar refractivity (Wildman–Crippen MR) is 200 cm³/mol. The van der Waals surface area contributed by atoms with E-state index in [0.29, 0.717) is 37.1 Å². The first-order valence-corrected chi connectivity index (χ1v) is 16.4. The van der Waals surface area contributed by atoms with Crippen LogP contribution in [0.25, 0.3) is 54.7 Å². The smallest absolute Gasteiger partial charge is 0.129 e. The maximum atomic E-state index is 12.4. The van der Waals surface area contributed by atoms with E-state index in [1.165, 1.54) is 0 Å². The molecule has 0 aliphatic heterocycles. The largest absolute Gasteiger partial charge is 0.507 e. The summed E-state index contributed by atoms with van der Waals surface area (Å²) in [6.45, 7) is 9.23. The average Bonchev–Trinajstić information content (AvgIpc) is 3.59. The Hall–Kier alpha value is -6.00. The molecule has 0 saturated carbocycles. The summed E-state index contributed by atoms with van der Waals surface area (Å²) >= 11 is 0. The predicted octanol–water partition coefficient (Wildman–Crippen LogP) is 10.5. The Morgan fingerprint density at radius 2 is 0.854 bits per heavy atom. The van der Waals surface area contributed by atoms with E-state index >= 15 is 0 Å². The van der Waals surface area contributed by atoms with Crippen molar-refractivity contribution in [2.45, 2.75) is 25.9 Å². The first kappa shape index (κ1) is 29.4. The maximum Gasteiger partial charge on any atom is 0.129 e. The van der Waals surface area contributed by atoms with E-state index in [-0.39, 0.29) is 11.5 Å². The molecule has 4 nitrogen and oxygen atoms in total. The van der Waals surface area contributed by atoms with Gasteiger partial charge in [0.25, 0.3) is 0 Å². The third-order valence-corrected chi connectivity index (χ3v) is 9.56. The molecule has 0 aliphatic carbocycles. The van der Waals surface area contributed by atoms with E-state index in [4.69, 9.17) is 0 Å². The van der Waals surface area contributed by atoms with Crippen LogP contribution in [0.2, 0.25) is 0 Å². The summed E-state index contributed by atoms with van der Waals surface area (Å²) in [5.41, 5.74) is 8.98. The topological polar surface area (TPSA) is 50.3 Å². The van der Waals surface area contributed by atoms with Crippen LogP contribution in [0, 0.1) is 0 Å². The van der Waals surface area contributed by atoms with Gasteiger partial charge in [0.1, 0.15) is 11.5 Å². The first-order valence-electron chi connectivity index (χ1n) is 16.4. The van der Waals surface area contributed by atoms with E-state index < -0.39 is 0 Å². The van der Waals surface area contributed by atoms with Gasteiger partial charge in [0.2, 0.25) is 0 Å². The van der Waals surface area contributed by atoms with Crippen molar-refractivity contribution in [2.75, 3.05) is 0 Å². The van der Waals surface area contributed by atoms with Crippen LogP contribution in [0.1, 0.15) is 22.3 Å². The Balaban J connectivity index is 1.59. The molecule has 0 fully saturated rings. The standard InChI is InChI=1S/C44H36N2O2/c1-3-15-31-25-35-33-21-11-13-23-37(33)45(27-29-17-7-5-8-18-29)41(35)39(43(31)47)40-42-36(26-32(16-4-2)44(40)48)34-22-12-14-24-38(34)46(42)28-30-19-9-6-10-20-30/h3-14,17-26,47-48H,1-2,15-16,27-28H2. The number of fused-ring (bicyclic) bond motifs is 6. The van der Waals surface area contributed by atoms with Gasteiger partial charge in [-0.05, 0) is 59.4 Å². The van der Waals surface area contributed by atoms with Crippen molar-refractivity contribution in [1.82, 2.24) is 9.13 Å². The Morgan fingerprint density at radius 3 is 1.25 bits per heavy atom. The number of aromatic nitrogens is 2. The van der Waals surface area contributed by atoms with E-state index in [2.05, 4.69) is 131 Å². The molecule has 0 aliphatic rings. The quantitative estimate of drug-likeness (QED) is 0.157. The zero-order chi connectivity index (χ0) is 32.8. The number of hydrogen-bond acceptors (Lipinski definition) is 2. The highest BCUT2D eigenvalue weighted by Gasteiger charge is 2.28. The lowest BCUT2D eigenvalue weighted by Gasteiger charge is -2.20. The van der Waals surface area contributed by atoms with Crippen LogP contribution in [-0.2, 0) is 25.9 Å². The van der Waals surface area contributed by atoms with Crippen molar-refractivity contribution in [1.29, 1.82) is 0 Å². The van der Waals surface area contributed by atoms with Gasteiger partial charge in [0, 0.05) is 45.7 Å². The number of benzene rings is 6. The summed E-state index contributed by atoms with van der Waals surface area (Å²) in [6.07, 6.45) is 4.61. The van der Waals surface area contributed by atoms with Gasteiger partial charge in [-0.1, -0.05) is 109 Å². The van der Waals surface area contributed by atoms with Crippen LogP contribution in [0.4, 0.5) is 0 Å². The second-order valence-electron chi connectivity index (χ2n) is 12.5. The Labute approximate surface area is 279 Å². The van der Waals surface area contributed by atoms with Crippen molar-refractivity contribution in [3.05, 3.63) is 169 Å². The van der Waals surface area contributed by atoms with E-state index in [1.807, 2.05) is 24.3 Å². The van der Waals surface area contributed by atoms with E-state index in [1.54, 1.807) is 0 Å². The van der Waals surface area contributed by atoms with Crippen molar-refractivity contribution in [3.8, 4) is 22.6 Å². The minimum absolute atomic E-state index is 0.156. The zero-order valence-electron chi connectivity index (χ0n) is 26.7. The van der Waals surface area contributed by atoms with Crippen LogP contribution >= 0.6 is 0 Å². The van der Waals surface area contributed by atoms with E-state index in [9.17, 15) is 10.2 Å². The van der Waals surface area contributed by atoms with Crippen molar-refractivity contribution in [2.24, 2.45) is 0 Å². The van der Waals surface area contributed by atoms with Gasteiger partial charge in [0.05, 0.1) is 22.2 Å². The van der Waals surface area contributed by atoms with E-state index in [0.717, 1.165) is 65.9 Å². The fraction of sp³-hybridized carbons (Fsp3) is 0.0909. The molecule has 234 valence electrons. The van der Waals surface area contributed by atoms with Crippen LogP contribution < -0.4 is 0 Å². The van der Waals surface area contributed by atoms with Crippen LogP contribution in [-0.4, -0.2) is 19.3 Å². The second-order valence-corrected chi connectivity index (χ2v) is 12.5. The minimum Gasteiger partial charge on any atom is -0.507 e. The number of allylic oxidation sites excluding steroid dienone is 2. The lowest BCUT2D eigenvalue weighted by Crippen LogP contribution is -2.04. The molecule has 0 unspecified atom stereocenters. The molecule has 8 rings (SSSR count). The Morgan fingerprint density at radius 1 is 0.479 bits per heavy atom. The molecule has 4 heteroatoms. The molecule has 0 atom stereocenters. The normalized spacial score (nSPS) is 11.6. The number of rotatable bonds is 9. The second kappa shape index (κ2) is 12.0. The lowest BCUT2D eigenvalue weighted by atomic mass is 9.91. The highest BCUT2D eigenvalue weighted by Crippen LogP contribution is 2.51. The third kappa shape index (κ3) is 4.68. The van der Waals surface area contributed by atoms with Gasteiger partial charge in [-0.15, -0.1) is 13.2 Å². The molecular formula is C44H36N2O2. The fourth-order valence-electron chi connectivity index (χ4n) is 7.48. The molecule has 8 aromatic rings. The third-order valence-electron chi connectivity index (χ3n) is 9.56. The molecule has 48 heavy (non-hydrogen) atoms. The minimum atomic E-state index is 0.156. The van der Waals surface area contributed by atoms with Crippen LogP contribution in [0.3, 0.4) is 0 Å². The van der Waals surface area contributed by atoms with Gasteiger partial charge >= 0.3 is 0 Å². The monoisotopic (exact) mass is 624 g/mol. The molecule has 0 amide bonds. The van der Waals surface area contributed by atoms with Gasteiger partial charge < -0.3 is 19.3 Å². The molecular weight excluding hydrogens is 588 g/mol. The number of phenols is 2. The van der Waals surface area contributed by atoms with Gasteiger partial charge in [-0.2, -0.15) is 0 Å². The summed E-state index contributed by atoms with van der Waals surface area (Å²) in [6, 6.07) is 41.8. The molecule has 0 saturated heterocycles. The molecule has 0 radical (unpaired) electrons. The molecule has 2 N–H and O–H groups in total. The highest BCUT2D eigenvalue weighted by atomic mass is 16.3. The van der Waals surface area contributed by atoms with Crippen molar-refractivity contribution >= 4 is 43.6 Å². The summed E-state index contributed by atoms with van der Waals surface area (Å²) in [7, 11) is 0. The first-order chi connectivity index (χ1) is 23.6. The molecule has 2 heterocycles. The maximum absolute atomic E-state index is 12.4.